The predicted molar refractivity (Wildman–Crippen MR) is 48.9 cm³/mol. The summed E-state index contributed by atoms with van der Waals surface area (Å²) in [6.45, 7) is 9.44. The van der Waals surface area contributed by atoms with E-state index in [9.17, 15) is 4.79 Å². The van der Waals surface area contributed by atoms with E-state index in [-0.39, 0.29) is 6.09 Å². The molecule has 0 rings (SSSR count). The normalized spacial score (nSPS) is 9.58. The van der Waals surface area contributed by atoms with Crippen molar-refractivity contribution in [3.63, 3.8) is 0 Å². The third-order valence-electron chi connectivity index (χ3n) is 1.64. The first-order chi connectivity index (χ1) is 5.76. The monoisotopic (exact) mass is 172 g/mol. The van der Waals surface area contributed by atoms with Crippen LogP contribution in [0.1, 0.15) is 26.7 Å². The molecule has 0 spiro atoms. The molecule has 0 bridgehead atoms. The summed E-state index contributed by atoms with van der Waals surface area (Å²) in [6.07, 6.45) is 1.44. The Morgan fingerprint density at radius 2 is 2.00 bits per heavy atom. The van der Waals surface area contributed by atoms with E-state index >= 15 is 0 Å². The Bertz CT molecular complexity index is 122. The van der Waals surface area contributed by atoms with Gasteiger partial charge in [0.2, 0.25) is 0 Å². The predicted octanol–water partition coefficient (Wildman–Crippen LogP) is 2.08. The highest BCUT2D eigenvalue weighted by atomic mass is 16.6. The van der Waals surface area contributed by atoms with Gasteiger partial charge in [0.1, 0.15) is 0 Å². The van der Waals surface area contributed by atoms with Crippen molar-refractivity contribution >= 4 is 6.09 Å². The number of carbonyl (C=O) groups excluding carboxylic acids is 1. The zero-order chi connectivity index (χ0) is 9.40. The third-order valence-corrected chi connectivity index (χ3v) is 1.64. The van der Waals surface area contributed by atoms with E-state index in [0.29, 0.717) is 19.7 Å². The van der Waals surface area contributed by atoms with Crippen LogP contribution in [0.4, 0.5) is 4.79 Å². The highest BCUT2D eigenvalue weighted by molar-refractivity contribution is 5.67. The van der Waals surface area contributed by atoms with Crippen molar-refractivity contribution < 1.29 is 9.53 Å². The number of hydrogen-bond donors (Lipinski definition) is 0. The van der Waals surface area contributed by atoms with Gasteiger partial charge in [-0.15, -0.1) is 0 Å². The van der Waals surface area contributed by atoms with E-state index < -0.39 is 0 Å². The maximum absolute atomic E-state index is 11.2. The first kappa shape index (κ1) is 11.3. The number of rotatable bonds is 5. The Labute approximate surface area is 74.7 Å². The zero-order valence-corrected chi connectivity index (χ0v) is 8.01. The molecule has 0 heterocycles. The van der Waals surface area contributed by atoms with Gasteiger partial charge in [0.25, 0.3) is 0 Å². The molecular weight excluding hydrogens is 154 g/mol. The molecule has 0 aliphatic carbocycles. The fraction of sp³-hybridized carbons (Fsp3) is 0.778. The van der Waals surface area contributed by atoms with Crippen LogP contribution in [0.15, 0.2) is 0 Å². The minimum atomic E-state index is -0.214. The van der Waals surface area contributed by atoms with Crippen molar-refractivity contribution in [2.45, 2.75) is 26.7 Å². The van der Waals surface area contributed by atoms with E-state index in [0.717, 1.165) is 12.8 Å². The minimum Gasteiger partial charge on any atom is -0.449 e. The van der Waals surface area contributed by atoms with E-state index in [1.165, 1.54) is 0 Å². The quantitative estimate of drug-likeness (QED) is 0.594. The summed E-state index contributed by atoms with van der Waals surface area (Å²) in [5, 5.41) is 0. The summed E-state index contributed by atoms with van der Waals surface area (Å²) in [7, 11) is 0. The number of nitrogens with zero attached hydrogens (tertiary/aromatic N) is 1. The van der Waals surface area contributed by atoms with Crippen molar-refractivity contribution in [3.8, 4) is 0 Å². The smallest absolute Gasteiger partial charge is 0.409 e. The Kier molecular flexibility index (Phi) is 6.53. The number of hydrogen-bond acceptors (Lipinski definition) is 2. The molecule has 1 amide bonds. The molecule has 0 saturated heterocycles. The van der Waals surface area contributed by atoms with Crippen LogP contribution in [0, 0.1) is 6.92 Å². The molecule has 0 aromatic carbocycles. The van der Waals surface area contributed by atoms with Crippen LogP contribution in [-0.2, 0) is 4.74 Å². The van der Waals surface area contributed by atoms with Gasteiger partial charge in [-0.2, -0.15) is 0 Å². The van der Waals surface area contributed by atoms with Gasteiger partial charge in [0.05, 0.1) is 6.61 Å². The van der Waals surface area contributed by atoms with Gasteiger partial charge in [-0.1, -0.05) is 13.3 Å². The maximum atomic E-state index is 11.2. The second-order valence-electron chi connectivity index (χ2n) is 2.49. The molecule has 0 aliphatic rings. The molecule has 0 unspecified atom stereocenters. The van der Waals surface area contributed by atoms with Gasteiger partial charge >= 0.3 is 6.09 Å². The first-order valence-corrected chi connectivity index (χ1v) is 4.47. The highest BCUT2D eigenvalue weighted by Crippen LogP contribution is 1.95. The minimum absolute atomic E-state index is 0.214. The fourth-order valence-corrected chi connectivity index (χ4v) is 0.835. The third kappa shape index (κ3) is 4.21. The Hall–Kier alpha value is -0.730. The molecule has 0 fully saturated rings. The molecule has 3 nitrogen and oxygen atoms in total. The standard InChI is InChI=1S/C9H18NO2/c1-4-7-8-12-9(11)10(5-2)6-3/h1,4-8H2,2-3H3. The van der Waals surface area contributed by atoms with Gasteiger partial charge in [-0.3, -0.25) is 0 Å². The second kappa shape index (κ2) is 6.95. The lowest BCUT2D eigenvalue weighted by molar-refractivity contribution is 0.105. The molecule has 12 heavy (non-hydrogen) atoms. The van der Waals surface area contributed by atoms with Crippen LogP contribution in [0.5, 0.6) is 0 Å². The Morgan fingerprint density at radius 3 is 2.42 bits per heavy atom. The zero-order valence-electron chi connectivity index (χ0n) is 8.01. The van der Waals surface area contributed by atoms with Crippen LogP contribution in [0.2, 0.25) is 0 Å². The number of amides is 1. The number of ether oxygens (including phenoxy) is 1. The van der Waals surface area contributed by atoms with Crippen molar-refractivity contribution in [3.05, 3.63) is 6.92 Å². The second-order valence-corrected chi connectivity index (χ2v) is 2.49. The number of unbranched alkanes of at least 4 members (excludes halogenated alkanes) is 1. The lowest BCUT2D eigenvalue weighted by Gasteiger charge is -2.17. The van der Waals surface area contributed by atoms with Crippen molar-refractivity contribution in [2.24, 2.45) is 0 Å². The van der Waals surface area contributed by atoms with Crippen LogP contribution >= 0.6 is 0 Å². The van der Waals surface area contributed by atoms with Crippen LogP contribution in [0.25, 0.3) is 0 Å². The van der Waals surface area contributed by atoms with Gasteiger partial charge in [0, 0.05) is 13.1 Å². The molecule has 0 saturated carbocycles. The molecule has 1 radical (unpaired) electrons. The summed E-state index contributed by atoms with van der Waals surface area (Å²) >= 11 is 0. The van der Waals surface area contributed by atoms with Gasteiger partial charge in [0.15, 0.2) is 0 Å². The fourth-order valence-electron chi connectivity index (χ4n) is 0.835. The molecular formula is C9H18NO2. The first-order valence-electron chi connectivity index (χ1n) is 4.47. The van der Waals surface area contributed by atoms with Gasteiger partial charge < -0.3 is 9.64 Å². The van der Waals surface area contributed by atoms with Crippen molar-refractivity contribution in [1.82, 2.24) is 4.90 Å². The average molecular weight is 172 g/mol. The van der Waals surface area contributed by atoms with E-state index in [1.807, 2.05) is 13.8 Å². The van der Waals surface area contributed by atoms with Crippen LogP contribution < -0.4 is 0 Å². The molecule has 3 heteroatoms. The van der Waals surface area contributed by atoms with Crippen LogP contribution in [0.3, 0.4) is 0 Å². The SMILES string of the molecule is [CH2]CCCOC(=O)N(CC)CC. The lowest BCUT2D eigenvalue weighted by atomic mass is 10.4. The highest BCUT2D eigenvalue weighted by Gasteiger charge is 2.08. The topological polar surface area (TPSA) is 29.5 Å². The average Bonchev–Trinajstić information content (AvgIpc) is 2.07. The molecule has 0 N–H and O–H groups in total. The Balaban J connectivity index is 3.54. The largest absolute Gasteiger partial charge is 0.449 e. The summed E-state index contributed by atoms with van der Waals surface area (Å²) in [5.74, 6) is 0. The van der Waals surface area contributed by atoms with Crippen LogP contribution in [-0.4, -0.2) is 30.7 Å². The van der Waals surface area contributed by atoms with Crippen molar-refractivity contribution in [1.29, 1.82) is 0 Å². The van der Waals surface area contributed by atoms with E-state index in [2.05, 4.69) is 6.92 Å². The molecule has 71 valence electrons. The van der Waals surface area contributed by atoms with Gasteiger partial charge in [-0.05, 0) is 20.3 Å². The Morgan fingerprint density at radius 1 is 1.42 bits per heavy atom. The van der Waals surface area contributed by atoms with E-state index in [4.69, 9.17) is 4.74 Å². The summed E-state index contributed by atoms with van der Waals surface area (Å²) in [4.78, 5) is 12.8. The van der Waals surface area contributed by atoms with Crippen molar-refractivity contribution in [2.75, 3.05) is 19.7 Å². The van der Waals surface area contributed by atoms with E-state index in [1.54, 1.807) is 4.90 Å². The maximum Gasteiger partial charge on any atom is 0.409 e. The summed E-state index contributed by atoms with van der Waals surface area (Å²) in [6, 6.07) is 0. The lowest BCUT2D eigenvalue weighted by Crippen LogP contribution is -2.31. The molecule has 0 aromatic rings. The molecule has 0 atom stereocenters. The van der Waals surface area contributed by atoms with Gasteiger partial charge in [-0.25, -0.2) is 4.79 Å². The summed E-state index contributed by atoms with van der Waals surface area (Å²) in [5.41, 5.74) is 0. The summed E-state index contributed by atoms with van der Waals surface area (Å²) < 4.78 is 4.97. The number of carbonyl (C=O) groups is 1. The molecule has 0 aliphatic heterocycles. The molecule has 0 aromatic heterocycles.